The summed E-state index contributed by atoms with van der Waals surface area (Å²) in [6.07, 6.45) is 5.21. The first-order valence-corrected chi connectivity index (χ1v) is 10.4. The Morgan fingerprint density at radius 1 is 1.19 bits per heavy atom. The van der Waals surface area contributed by atoms with Gasteiger partial charge in [-0.25, -0.2) is 9.37 Å². The van der Waals surface area contributed by atoms with E-state index in [1.165, 1.54) is 12.4 Å². The van der Waals surface area contributed by atoms with Gasteiger partial charge < -0.3 is 9.32 Å². The Balaban J connectivity index is 1.52. The number of hydrogen-bond acceptors (Lipinski definition) is 6. The van der Waals surface area contributed by atoms with Crippen molar-refractivity contribution in [2.75, 3.05) is 11.4 Å². The van der Waals surface area contributed by atoms with Crippen LogP contribution < -0.4 is 4.90 Å². The van der Waals surface area contributed by atoms with E-state index >= 15 is 4.39 Å². The Bertz CT molecular complexity index is 1260. The van der Waals surface area contributed by atoms with E-state index in [0.717, 1.165) is 17.6 Å². The summed E-state index contributed by atoms with van der Waals surface area (Å²) in [4.78, 5) is 19.2. The van der Waals surface area contributed by atoms with Crippen LogP contribution in [0.15, 0.2) is 47.1 Å². The molecule has 0 spiro atoms. The molecule has 1 aliphatic rings. The fourth-order valence-corrected chi connectivity index (χ4v) is 4.32. The van der Waals surface area contributed by atoms with Crippen LogP contribution in [-0.4, -0.2) is 38.9 Å². The van der Waals surface area contributed by atoms with Gasteiger partial charge in [-0.3, -0.25) is 4.79 Å². The van der Waals surface area contributed by atoms with Crippen LogP contribution >= 0.6 is 11.6 Å². The first kappa shape index (κ1) is 19.7. The molecule has 0 aliphatic carbocycles. The molecule has 0 unspecified atom stereocenters. The Kier molecular flexibility index (Phi) is 4.94. The molecule has 7 nitrogen and oxygen atoms in total. The van der Waals surface area contributed by atoms with Gasteiger partial charge in [0, 0.05) is 23.2 Å². The van der Waals surface area contributed by atoms with E-state index in [2.05, 4.69) is 22.1 Å². The Labute approximate surface area is 182 Å². The number of benzene rings is 2. The number of carbonyl (C=O) groups is 1. The molecule has 3 heterocycles. The van der Waals surface area contributed by atoms with Crippen molar-refractivity contribution in [1.82, 2.24) is 20.0 Å². The third-order valence-corrected chi connectivity index (χ3v) is 6.01. The second-order valence-corrected chi connectivity index (χ2v) is 8.15. The molecular formula is C22H19ClFN5O2. The molecule has 1 saturated heterocycles. The van der Waals surface area contributed by atoms with E-state index in [0.29, 0.717) is 40.5 Å². The number of nitrogens with zero attached hydrogens (tertiary/aromatic N) is 5. The number of rotatable bonds is 4. The van der Waals surface area contributed by atoms with E-state index in [1.807, 2.05) is 4.90 Å². The standard InChI is InChI=1S/C22H19ClFN5O2/c1-13-2-3-14(22-27-17-10-16(23)5-7-19(17)31-22)11-28(13)18-6-4-15(12-30)21(20(18)24)29-25-8-9-26-29/h4-10,12-14H,2-3,11H2,1H3/t13-,14-/m1/s1. The van der Waals surface area contributed by atoms with Crippen molar-refractivity contribution >= 4 is 34.7 Å². The average Bonchev–Trinajstić information content (AvgIpc) is 3.43. The smallest absolute Gasteiger partial charge is 0.200 e. The van der Waals surface area contributed by atoms with Crippen LogP contribution in [0.1, 0.15) is 41.9 Å². The lowest BCUT2D eigenvalue weighted by atomic mass is 9.92. The Morgan fingerprint density at radius 3 is 2.77 bits per heavy atom. The van der Waals surface area contributed by atoms with Crippen molar-refractivity contribution in [3.05, 3.63) is 65.0 Å². The molecule has 1 fully saturated rings. The molecule has 4 aromatic rings. The molecule has 2 aromatic carbocycles. The van der Waals surface area contributed by atoms with Gasteiger partial charge in [0.2, 0.25) is 0 Å². The first-order chi connectivity index (χ1) is 15.0. The Morgan fingerprint density at radius 2 is 2.00 bits per heavy atom. The highest BCUT2D eigenvalue weighted by molar-refractivity contribution is 6.31. The lowest BCUT2D eigenvalue weighted by Crippen LogP contribution is -2.41. The van der Waals surface area contributed by atoms with Gasteiger partial charge in [0.15, 0.2) is 23.6 Å². The van der Waals surface area contributed by atoms with Crippen molar-refractivity contribution in [3.8, 4) is 5.69 Å². The highest BCUT2D eigenvalue weighted by atomic mass is 35.5. The highest BCUT2D eigenvalue weighted by Gasteiger charge is 2.32. The van der Waals surface area contributed by atoms with Gasteiger partial charge in [0.1, 0.15) is 11.2 Å². The van der Waals surface area contributed by atoms with Crippen molar-refractivity contribution in [2.45, 2.75) is 31.7 Å². The molecule has 0 saturated carbocycles. The minimum atomic E-state index is -0.530. The number of fused-ring (bicyclic) bond motifs is 1. The number of piperidine rings is 1. The quantitative estimate of drug-likeness (QED) is 0.426. The number of hydrogen-bond donors (Lipinski definition) is 0. The lowest BCUT2D eigenvalue weighted by Gasteiger charge is -2.39. The third kappa shape index (κ3) is 3.46. The summed E-state index contributed by atoms with van der Waals surface area (Å²) in [5, 5.41) is 8.62. The molecule has 0 amide bonds. The van der Waals surface area contributed by atoms with Crippen molar-refractivity contribution in [3.63, 3.8) is 0 Å². The molecule has 5 rings (SSSR count). The van der Waals surface area contributed by atoms with Crippen LogP contribution in [0.25, 0.3) is 16.8 Å². The van der Waals surface area contributed by atoms with E-state index in [-0.39, 0.29) is 23.2 Å². The Hall–Kier alpha value is -3.26. The summed E-state index contributed by atoms with van der Waals surface area (Å²) in [6.45, 7) is 2.59. The summed E-state index contributed by atoms with van der Waals surface area (Å²) in [7, 11) is 0. The van der Waals surface area contributed by atoms with Gasteiger partial charge in [0.05, 0.1) is 24.0 Å². The number of aromatic nitrogens is 4. The summed E-state index contributed by atoms with van der Waals surface area (Å²) in [5.74, 6) is 0.0875. The van der Waals surface area contributed by atoms with Gasteiger partial charge in [-0.2, -0.15) is 10.2 Å². The molecule has 0 bridgehead atoms. The van der Waals surface area contributed by atoms with Crippen LogP contribution in [0.4, 0.5) is 10.1 Å². The number of halogens is 2. The molecule has 2 aromatic heterocycles. The average molecular weight is 440 g/mol. The van der Waals surface area contributed by atoms with Crippen LogP contribution in [0.3, 0.4) is 0 Å². The maximum Gasteiger partial charge on any atom is 0.200 e. The van der Waals surface area contributed by atoms with Gasteiger partial charge in [-0.05, 0) is 50.1 Å². The van der Waals surface area contributed by atoms with Crippen molar-refractivity contribution in [1.29, 1.82) is 0 Å². The van der Waals surface area contributed by atoms with Crippen LogP contribution in [0.2, 0.25) is 5.02 Å². The zero-order valence-corrected chi connectivity index (χ0v) is 17.5. The van der Waals surface area contributed by atoms with Crippen molar-refractivity contribution < 1.29 is 13.6 Å². The van der Waals surface area contributed by atoms with Crippen molar-refractivity contribution in [2.24, 2.45) is 0 Å². The molecule has 31 heavy (non-hydrogen) atoms. The summed E-state index contributed by atoms with van der Waals surface area (Å²) in [6, 6.07) is 8.68. The van der Waals surface area contributed by atoms with E-state index in [4.69, 9.17) is 16.0 Å². The molecule has 0 N–H and O–H groups in total. The molecule has 9 heteroatoms. The fraction of sp³-hybridized carbons (Fsp3) is 0.273. The number of carbonyl (C=O) groups excluding carboxylic acids is 1. The lowest BCUT2D eigenvalue weighted by molar-refractivity contribution is 0.112. The fourth-order valence-electron chi connectivity index (χ4n) is 4.16. The maximum absolute atomic E-state index is 15.6. The van der Waals surface area contributed by atoms with Crippen LogP contribution in [0.5, 0.6) is 0 Å². The molecule has 2 atom stereocenters. The molecular weight excluding hydrogens is 421 g/mol. The minimum absolute atomic E-state index is 0.00111. The van der Waals surface area contributed by atoms with E-state index < -0.39 is 5.82 Å². The zero-order valence-electron chi connectivity index (χ0n) is 16.7. The molecule has 158 valence electrons. The van der Waals surface area contributed by atoms with Crippen LogP contribution in [0, 0.1) is 5.82 Å². The first-order valence-electron chi connectivity index (χ1n) is 10.0. The topological polar surface area (TPSA) is 77.0 Å². The predicted octanol–water partition coefficient (Wildman–Crippen LogP) is 4.79. The normalized spacial score (nSPS) is 19.1. The second kappa shape index (κ2) is 7.77. The highest BCUT2D eigenvalue weighted by Crippen LogP contribution is 2.37. The number of aldehydes is 1. The zero-order chi connectivity index (χ0) is 21.5. The van der Waals surface area contributed by atoms with E-state index in [9.17, 15) is 4.79 Å². The van der Waals surface area contributed by atoms with E-state index in [1.54, 1.807) is 30.3 Å². The minimum Gasteiger partial charge on any atom is -0.440 e. The summed E-state index contributed by atoms with van der Waals surface area (Å²) >= 11 is 6.07. The maximum atomic E-state index is 15.6. The van der Waals surface area contributed by atoms with Crippen LogP contribution in [-0.2, 0) is 0 Å². The number of oxazole rings is 1. The third-order valence-electron chi connectivity index (χ3n) is 5.78. The van der Waals surface area contributed by atoms with Gasteiger partial charge in [-0.1, -0.05) is 11.6 Å². The van der Waals surface area contributed by atoms with Gasteiger partial charge in [0.25, 0.3) is 0 Å². The predicted molar refractivity (Wildman–Crippen MR) is 115 cm³/mol. The molecule has 0 radical (unpaired) electrons. The monoisotopic (exact) mass is 439 g/mol. The second-order valence-electron chi connectivity index (χ2n) is 7.71. The SMILES string of the molecule is C[C@@H]1CC[C@@H](c2nc3cc(Cl)ccc3o2)CN1c1ccc(C=O)c(-n2nccn2)c1F. The van der Waals surface area contributed by atoms with Gasteiger partial charge >= 0.3 is 0 Å². The van der Waals surface area contributed by atoms with Gasteiger partial charge in [-0.15, -0.1) is 4.80 Å². The largest absolute Gasteiger partial charge is 0.440 e. The number of anilines is 1. The molecule has 1 aliphatic heterocycles. The summed E-state index contributed by atoms with van der Waals surface area (Å²) < 4.78 is 21.6. The summed E-state index contributed by atoms with van der Waals surface area (Å²) in [5.41, 5.74) is 2.02.